The van der Waals surface area contributed by atoms with E-state index in [2.05, 4.69) is 4.99 Å². The van der Waals surface area contributed by atoms with Crippen LogP contribution in [0, 0.1) is 6.92 Å². The Morgan fingerprint density at radius 1 is 1.00 bits per heavy atom. The zero-order chi connectivity index (χ0) is 16.4. The van der Waals surface area contributed by atoms with Gasteiger partial charge in [-0.1, -0.05) is 29.8 Å². The number of hydrogen-bond donors (Lipinski definition) is 0. The fraction of sp³-hybridized carbons (Fsp3) is 0.158. The van der Waals surface area contributed by atoms with Gasteiger partial charge in [0.15, 0.2) is 5.76 Å². The van der Waals surface area contributed by atoms with E-state index in [1.165, 1.54) is 0 Å². The summed E-state index contributed by atoms with van der Waals surface area (Å²) in [7, 11) is 3.97. The number of benzene rings is 2. The van der Waals surface area contributed by atoms with Gasteiger partial charge < -0.3 is 9.64 Å². The van der Waals surface area contributed by atoms with Crippen molar-refractivity contribution >= 4 is 23.6 Å². The van der Waals surface area contributed by atoms with Gasteiger partial charge in [0.1, 0.15) is 0 Å². The maximum atomic E-state index is 12.0. The van der Waals surface area contributed by atoms with Crippen molar-refractivity contribution in [2.75, 3.05) is 19.0 Å². The lowest BCUT2D eigenvalue weighted by Crippen LogP contribution is -2.08. The molecule has 1 aliphatic heterocycles. The molecular formula is C19H18N2O2. The van der Waals surface area contributed by atoms with Gasteiger partial charge in [-0.3, -0.25) is 4.79 Å². The summed E-state index contributed by atoms with van der Waals surface area (Å²) in [6, 6.07) is 15.6. The van der Waals surface area contributed by atoms with E-state index in [-0.39, 0.29) is 11.7 Å². The highest BCUT2D eigenvalue weighted by Gasteiger charge is 2.23. The molecule has 1 amide bonds. The van der Waals surface area contributed by atoms with Crippen molar-refractivity contribution in [2.45, 2.75) is 6.92 Å². The number of anilines is 1. The second-order valence-corrected chi connectivity index (χ2v) is 5.68. The Labute approximate surface area is 135 Å². The van der Waals surface area contributed by atoms with E-state index in [1.54, 1.807) is 6.08 Å². The third-order valence-corrected chi connectivity index (χ3v) is 3.63. The summed E-state index contributed by atoms with van der Waals surface area (Å²) in [6.07, 6.45) is 1.71. The number of ether oxygens (including phenoxy) is 1. The molecule has 2 aromatic rings. The number of carbonyl (C=O) groups excluding carboxylic acids is 1. The first-order valence-electron chi connectivity index (χ1n) is 7.40. The Hall–Kier alpha value is -2.88. The van der Waals surface area contributed by atoms with Crippen LogP contribution in [0.4, 0.5) is 5.69 Å². The topological polar surface area (TPSA) is 41.9 Å². The highest BCUT2D eigenvalue weighted by Crippen LogP contribution is 2.21. The van der Waals surface area contributed by atoms with Crippen molar-refractivity contribution in [3.63, 3.8) is 0 Å². The SMILES string of the molecule is Cc1ccc(C2=NC(=O)/C(=C\c3ccc(N(C)C)cc3)O2)cc1. The number of rotatable bonds is 3. The van der Waals surface area contributed by atoms with Gasteiger partial charge in [-0.2, -0.15) is 4.99 Å². The lowest BCUT2D eigenvalue weighted by Gasteiger charge is -2.11. The third kappa shape index (κ3) is 3.31. The van der Waals surface area contributed by atoms with Crippen LogP contribution in [0.5, 0.6) is 0 Å². The molecule has 1 aliphatic rings. The van der Waals surface area contributed by atoms with Crippen molar-refractivity contribution in [2.24, 2.45) is 4.99 Å². The van der Waals surface area contributed by atoms with E-state index < -0.39 is 0 Å². The minimum absolute atomic E-state index is 0.248. The minimum Gasteiger partial charge on any atom is -0.432 e. The monoisotopic (exact) mass is 306 g/mol. The van der Waals surface area contributed by atoms with Crippen LogP contribution in [0.15, 0.2) is 59.3 Å². The predicted octanol–water partition coefficient (Wildman–Crippen LogP) is 3.41. The van der Waals surface area contributed by atoms with Crippen LogP contribution in [0.3, 0.4) is 0 Å². The first-order chi connectivity index (χ1) is 11.0. The number of aryl methyl sites for hydroxylation is 1. The highest BCUT2D eigenvalue weighted by atomic mass is 16.5. The Morgan fingerprint density at radius 2 is 1.65 bits per heavy atom. The Morgan fingerprint density at radius 3 is 2.26 bits per heavy atom. The summed E-state index contributed by atoms with van der Waals surface area (Å²) >= 11 is 0. The molecule has 23 heavy (non-hydrogen) atoms. The molecule has 0 saturated heterocycles. The molecule has 0 saturated carbocycles. The van der Waals surface area contributed by atoms with Gasteiger partial charge in [0.25, 0.3) is 0 Å². The number of nitrogens with zero attached hydrogens (tertiary/aromatic N) is 2. The fourth-order valence-electron chi connectivity index (χ4n) is 2.25. The molecule has 0 aliphatic carbocycles. The molecule has 0 atom stereocenters. The highest BCUT2D eigenvalue weighted by molar-refractivity contribution is 6.14. The van der Waals surface area contributed by atoms with Crippen molar-refractivity contribution < 1.29 is 9.53 Å². The van der Waals surface area contributed by atoms with Crippen LogP contribution in [0.25, 0.3) is 6.08 Å². The van der Waals surface area contributed by atoms with Crippen LogP contribution in [0.2, 0.25) is 0 Å². The van der Waals surface area contributed by atoms with Gasteiger partial charge in [0.05, 0.1) is 0 Å². The standard InChI is InChI=1S/C19H18N2O2/c1-13-4-8-15(9-5-13)19-20-18(22)17(23-19)12-14-6-10-16(11-7-14)21(2)3/h4-12H,1-3H3/b17-12+. The maximum Gasteiger partial charge on any atom is 0.316 e. The van der Waals surface area contributed by atoms with Gasteiger partial charge in [-0.05, 0) is 42.8 Å². The smallest absolute Gasteiger partial charge is 0.316 e. The molecule has 0 unspecified atom stereocenters. The van der Waals surface area contributed by atoms with E-state index in [0.717, 1.165) is 22.4 Å². The summed E-state index contributed by atoms with van der Waals surface area (Å²) in [6.45, 7) is 2.01. The number of carbonyl (C=O) groups is 1. The molecule has 0 spiro atoms. The summed E-state index contributed by atoms with van der Waals surface area (Å²) in [4.78, 5) is 18.0. The Kier molecular flexibility index (Phi) is 3.98. The number of hydrogen-bond acceptors (Lipinski definition) is 3. The summed E-state index contributed by atoms with van der Waals surface area (Å²) in [5.74, 6) is 0.251. The minimum atomic E-state index is -0.350. The second kappa shape index (κ2) is 6.08. The van der Waals surface area contributed by atoms with Crippen LogP contribution in [-0.2, 0) is 9.53 Å². The van der Waals surface area contributed by atoms with Crippen molar-refractivity contribution in [1.29, 1.82) is 0 Å². The largest absolute Gasteiger partial charge is 0.432 e. The van der Waals surface area contributed by atoms with Crippen LogP contribution in [-0.4, -0.2) is 25.9 Å². The van der Waals surface area contributed by atoms with Gasteiger partial charge >= 0.3 is 5.91 Å². The van der Waals surface area contributed by atoms with Gasteiger partial charge in [-0.25, -0.2) is 0 Å². The average molecular weight is 306 g/mol. The first kappa shape index (κ1) is 15.0. The fourth-order valence-corrected chi connectivity index (χ4v) is 2.25. The molecule has 1 heterocycles. The molecule has 116 valence electrons. The molecular weight excluding hydrogens is 288 g/mol. The molecule has 0 bridgehead atoms. The predicted molar refractivity (Wildman–Crippen MR) is 92.6 cm³/mol. The van der Waals surface area contributed by atoms with Crippen molar-refractivity contribution in [3.8, 4) is 0 Å². The van der Waals surface area contributed by atoms with Crippen LogP contribution < -0.4 is 4.90 Å². The van der Waals surface area contributed by atoms with E-state index >= 15 is 0 Å². The van der Waals surface area contributed by atoms with E-state index in [4.69, 9.17) is 4.74 Å². The molecule has 2 aromatic carbocycles. The van der Waals surface area contributed by atoms with Crippen LogP contribution >= 0.6 is 0 Å². The molecule has 0 N–H and O–H groups in total. The number of amides is 1. The van der Waals surface area contributed by atoms with E-state index in [1.807, 2.05) is 74.4 Å². The quantitative estimate of drug-likeness (QED) is 0.816. The second-order valence-electron chi connectivity index (χ2n) is 5.68. The lowest BCUT2D eigenvalue weighted by atomic mass is 10.1. The van der Waals surface area contributed by atoms with E-state index in [0.29, 0.717) is 5.90 Å². The van der Waals surface area contributed by atoms with Crippen molar-refractivity contribution in [1.82, 2.24) is 0 Å². The third-order valence-electron chi connectivity index (χ3n) is 3.63. The number of aliphatic imine (C=N–C) groups is 1. The summed E-state index contributed by atoms with van der Waals surface area (Å²) < 4.78 is 5.63. The molecule has 0 fully saturated rings. The zero-order valence-corrected chi connectivity index (χ0v) is 13.4. The van der Waals surface area contributed by atoms with Crippen molar-refractivity contribution in [3.05, 3.63) is 71.0 Å². The van der Waals surface area contributed by atoms with Gasteiger partial charge in [0.2, 0.25) is 5.90 Å². The Balaban J connectivity index is 1.80. The average Bonchev–Trinajstić information content (AvgIpc) is 2.89. The summed E-state index contributed by atoms with van der Waals surface area (Å²) in [5.41, 5.74) is 3.95. The maximum absolute atomic E-state index is 12.0. The summed E-state index contributed by atoms with van der Waals surface area (Å²) in [5, 5.41) is 0. The molecule has 3 rings (SSSR count). The lowest BCUT2D eigenvalue weighted by molar-refractivity contribution is -0.115. The zero-order valence-electron chi connectivity index (χ0n) is 13.4. The van der Waals surface area contributed by atoms with Gasteiger partial charge in [0, 0.05) is 25.3 Å². The van der Waals surface area contributed by atoms with Crippen LogP contribution in [0.1, 0.15) is 16.7 Å². The molecule has 0 aromatic heterocycles. The molecule has 4 nitrogen and oxygen atoms in total. The Bertz CT molecular complexity index is 785. The molecule has 0 radical (unpaired) electrons. The normalized spacial score (nSPS) is 15.5. The van der Waals surface area contributed by atoms with E-state index in [9.17, 15) is 4.79 Å². The van der Waals surface area contributed by atoms with Gasteiger partial charge in [-0.15, -0.1) is 0 Å². The molecule has 4 heteroatoms. The first-order valence-corrected chi connectivity index (χ1v) is 7.40.